The van der Waals surface area contributed by atoms with Crippen molar-refractivity contribution in [2.75, 3.05) is 0 Å². The highest BCUT2D eigenvalue weighted by Gasteiger charge is 2.37. The number of pyridine rings is 1. The summed E-state index contributed by atoms with van der Waals surface area (Å²) in [5.74, 6) is -0.159. The molecule has 0 unspecified atom stereocenters. The Balaban J connectivity index is 2.03. The number of carbonyl (C=O) groups excluding carboxylic acids is 2. The van der Waals surface area contributed by atoms with E-state index >= 15 is 0 Å². The second-order valence-corrected chi connectivity index (χ2v) is 5.67. The van der Waals surface area contributed by atoms with E-state index in [4.69, 9.17) is 0 Å². The van der Waals surface area contributed by atoms with E-state index in [2.05, 4.69) is 10.1 Å². The molecule has 0 atom stereocenters. The average molecular weight is 269 g/mol. The van der Waals surface area contributed by atoms with Crippen LogP contribution in [0.4, 0.5) is 0 Å². The second-order valence-electron chi connectivity index (χ2n) is 5.67. The number of aromatic nitrogens is 3. The lowest BCUT2D eigenvalue weighted by Gasteiger charge is -2.27. The van der Waals surface area contributed by atoms with Gasteiger partial charge in [-0.25, -0.2) is 4.68 Å². The monoisotopic (exact) mass is 269 g/mol. The Morgan fingerprint density at radius 1 is 1.30 bits per heavy atom. The van der Waals surface area contributed by atoms with Crippen molar-refractivity contribution in [1.82, 2.24) is 14.8 Å². The first-order valence-corrected chi connectivity index (χ1v) is 6.57. The molecule has 2 aromatic heterocycles. The van der Waals surface area contributed by atoms with Crippen molar-refractivity contribution in [3.8, 4) is 0 Å². The lowest BCUT2D eigenvalue weighted by molar-refractivity contribution is 0.0808. The van der Waals surface area contributed by atoms with Gasteiger partial charge in [-0.05, 0) is 25.0 Å². The fourth-order valence-corrected chi connectivity index (χ4v) is 2.50. The van der Waals surface area contributed by atoms with Gasteiger partial charge in [0.15, 0.2) is 5.78 Å². The smallest absolute Gasteiger partial charge is 0.278 e. The quantitative estimate of drug-likeness (QED) is 0.795. The zero-order valence-electron chi connectivity index (χ0n) is 11.5. The number of nitrogens with zero attached hydrogens (tertiary/aromatic N) is 3. The fraction of sp³-hybridized carbons (Fsp3) is 0.333. The summed E-state index contributed by atoms with van der Waals surface area (Å²) in [4.78, 5) is 28.6. The number of carbonyl (C=O) groups is 2. The maximum absolute atomic E-state index is 12.4. The second kappa shape index (κ2) is 4.37. The van der Waals surface area contributed by atoms with Crippen molar-refractivity contribution < 1.29 is 9.59 Å². The lowest BCUT2D eigenvalue weighted by atomic mass is 9.75. The highest BCUT2D eigenvalue weighted by Crippen LogP contribution is 2.34. The van der Waals surface area contributed by atoms with Crippen molar-refractivity contribution >= 4 is 11.7 Å². The van der Waals surface area contributed by atoms with Gasteiger partial charge < -0.3 is 0 Å². The van der Waals surface area contributed by atoms with Crippen LogP contribution < -0.4 is 0 Å². The lowest BCUT2D eigenvalue weighted by Crippen LogP contribution is -2.31. The molecule has 0 fully saturated rings. The number of rotatable bonds is 1. The standard InChI is InChI=1S/C15H15N3O2/c1-15(2)6-3-12-11(13(15)19)9-17-18(12)14(20)10-4-7-16-8-5-10/h4-5,7-9H,3,6H2,1-2H3. The predicted octanol–water partition coefficient (Wildman–Crippen LogP) is 2.12. The average Bonchev–Trinajstić information content (AvgIpc) is 2.88. The predicted molar refractivity (Wildman–Crippen MR) is 72.6 cm³/mol. The minimum atomic E-state index is -0.374. The number of hydrogen-bond acceptors (Lipinski definition) is 4. The van der Waals surface area contributed by atoms with E-state index in [1.807, 2.05) is 13.8 Å². The Kier molecular flexibility index (Phi) is 2.78. The van der Waals surface area contributed by atoms with Crippen LogP contribution in [0.25, 0.3) is 0 Å². The summed E-state index contributed by atoms with van der Waals surface area (Å²) in [5.41, 5.74) is 1.43. The van der Waals surface area contributed by atoms with Crippen molar-refractivity contribution in [1.29, 1.82) is 0 Å². The van der Waals surface area contributed by atoms with E-state index in [0.29, 0.717) is 17.5 Å². The molecule has 3 rings (SSSR count). The van der Waals surface area contributed by atoms with Crippen molar-refractivity contribution in [2.45, 2.75) is 26.7 Å². The van der Waals surface area contributed by atoms with Crippen molar-refractivity contribution in [3.05, 3.63) is 47.5 Å². The first kappa shape index (κ1) is 12.7. The van der Waals surface area contributed by atoms with Gasteiger partial charge in [-0.2, -0.15) is 5.10 Å². The molecule has 0 saturated carbocycles. The Labute approximate surface area is 116 Å². The molecule has 2 heterocycles. The molecule has 2 aromatic rings. The van der Waals surface area contributed by atoms with Crippen LogP contribution in [0.3, 0.4) is 0 Å². The van der Waals surface area contributed by atoms with E-state index < -0.39 is 0 Å². The molecule has 5 heteroatoms. The van der Waals surface area contributed by atoms with Gasteiger partial charge in [-0.1, -0.05) is 13.8 Å². The third-order valence-electron chi connectivity index (χ3n) is 3.83. The Bertz CT molecular complexity index is 686. The molecule has 0 spiro atoms. The number of ketones is 1. The van der Waals surface area contributed by atoms with E-state index in [1.165, 1.54) is 10.9 Å². The van der Waals surface area contributed by atoms with Gasteiger partial charge in [0.1, 0.15) is 0 Å². The highest BCUT2D eigenvalue weighted by molar-refractivity contribution is 6.04. The summed E-state index contributed by atoms with van der Waals surface area (Å²) < 4.78 is 1.35. The van der Waals surface area contributed by atoms with Crippen LogP contribution in [0.2, 0.25) is 0 Å². The van der Waals surface area contributed by atoms with Crippen LogP contribution in [-0.4, -0.2) is 26.5 Å². The first-order valence-electron chi connectivity index (χ1n) is 6.57. The molecule has 0 aliphatic heterocycles. The summed E-state index contributed by atoms with van der Waals surface area (Å²) in [7, 11) is 0. The molecule has 0 N–H and O–H groups in total. The first-order chi connectivity index (χ1) is 9.50. The molecule has 5 nitrogen and oxygen atoms in total. The van der Waals surface area contributed by atoms with Gasteiger partial charge in [0, 0.05) is 23.4 Å². The molecule has 1 aliphatic carbocycles. The number of Topliss-reactive ketones (excluding diaryl/α,β-unsaturated/α-hetero) is 1. The minimum Gasteiger partial charge on any atom is -0.293 e. The third kappa shape index (κ3) is 1.86. The van der Waals surface area contributed by atoms with E-state index in [1.54, 1.807) is 24.5 Å². The van der Waals surface area contributed by atoms with Gasteiger partial charge in [-0.15, -0.1) is 0 Å². The van der Waals surface area contributed by atoms with Gasteiger partial charge in [0.25, 0.3) is 5.91 Å². The Hall–Kier alpha value is -2.30. The molecular formula is C15H15N3O2. The van der Waals surface area contributed by atoms with Gasteiger partial charge >= 0.3 is 0 Å². The van der Waals surface area contributed by atoms with E-state index in [-0.39, 0.29) is 17.1 Å². The molecule has 20 heavy (non-hydrogen) atoms. The van der Waals surface area contributed by atoms with Gasteiger partial charge in [-0.3, -0.25) is 14.6 Å². The SMILES string of the molecule is CC1(C)CCc2c(cnn2C(=O)c2ccncc2)C1=O. The van der Waals surface area contributed by atoms with Crippen LogP contribution >= 0.6 is 0 Å². The van der Waals surface area contributed by atoms with Crippen LogP contribution in [-0.2, 0) is 6.42 Å². The Morgan fingerprint density at radius 2 is 2.00 bits per heavy atom. The highest BCUT2D eigenvalue weighted by atomic mass is 16.2. The molecule has 1 aliphatic rings. The van der Waals surface area contributed by atoms with Crippen LogP contribution in [0.15, 0.2) is 30.7 Å². The van der Waals surface area contributed by atoms with Crippen LogP contribution in [0.1, 0.15) is 46.7 Å². The topological polar surface area (TPSA) is 64.8 Å². The molecule has 0 saturated heterocycles. The fourth-order valence-electron chi connectivity index (χ4n) is 2.50. The Morgan fingerprint density at radius 3 is 2.70 bits per heavy atom. The normalized spacial score (nSPS) is 16.8. The van der Waals surface area contributed by atoms with E-state index in [9.17, 15) is 9.59 Å². The van der Waals surface area contributed by atoms with Gasteiger partial charge in [0.05, 0.1) is 17.5 Å². The minimum absolute atomic E-state index is 0.0625. The van der Waals surface area contributed by atoms with Gasteiger partial charge in [0.2, 0.25) is 0 Å². The van der Waals surface area contributed by atoms with Crippen LogP contribution in [0, 0.1) is 5.41 Å². The van der Waals surface area contributed by atoms with Crippen molar-refractivity contribution in [2.24, 2.45) is 5.41 Å². The summed E-state index contributed by atoms with van der Waals surface area (Å²) in [6.45, 7) is 3.86. The largest absolute Gasteiger partial charge is 0.293 e. The summed E-state index contributed by atoms with van der Waals surface area (Å²) >= 11 is 0. The number of fused-ring (bicyclic) bond motifs is 1. The number of hydrogen-bond donors (Lipinski definition) is 0. The molecule has 0 radical (unpaired) electrons. The third-order valence-corrected chi connectivity index (χ3v) is 3.83. The van der Waals surface area contributed by atoms with E-state index in [0.717, 1.165) is 12.1 Å². The van der Waals surface area contributed by atoms with Crippen LogP contribution in [0.5, 0.6) is 0 Å². The molecule has 0 amide bonds. The maximum atomic E-state index is 12.4. The summed E-state index contributed by atoms with van der Waals surface area (Å²) in [6.07, 6.45) is 6.06. The maximum Gasteiger partial charge on any atom is 0.278 e. The molecular weight excluding hydrogens is 254 g/mol. The zero-order valence-corrected chi connectivity index (χ0v) is 11.5. The molecule has 0 bridgehead atoms. The summed E-state index contributed by atoms with van der Waals surface area (Å²) in [5, 5.41) is 4.12. The van der Waals surface area contributed by atoms with Crippen molar-refractivity contribution in [3.63, 3.8) is 0 Å². The summed E-state index contributed by atoms with van der Waals surface area (Å²) in [6, 6.07) is 3.29. The molecule has 102 valence electrons. The molecule has 0 aromatic carbocycles. The zero-order chi connectivity index (χ0) is 14.3.